The summed E-state index contributed by atoms with van der Waals surface area (Å²) < 4.78 is 64.8. The molecular formula is C35H45F3N2O9. The highest BCUT2D eigenvalue weighted by molar-refractivity contribution is 5.90. The molecule has 0 aliphatic heterocycles. The maximum atomic E-state index is 15.1. The first-order valence-corrected chi connectivity index (χ1v) is 15.9. The predicted octanol–water partition coefficient (Wildman–Crippen LogP) is 5.99. The standard InChI is InChI=1S/C35H45F3N2O9/c1-8-12-22-19-23(36)29(38)30(28(22)37)47-32(44)25(16-18-27(42)49-35(5,6)7)39-31(43)24(15-17-26(41)48-34(2,3)4)40-33(45)46-20-21-13-10-9-11-14-21/h9-11,13-14,19,24-25H,8,12,15-18,20H2,1-7H3,(H,39,43)(H,40,45)/t24-,25-/m0/s1. The monoisotopic (exact) mass is 694 g/mol. The van der Waals surface area contributed by atoms with E-state index < -0.39 is 89.2 Å². The van der Waals surface area contributed by atoms with Crippen molar-refractivity contribution in [3.63, 3.8) is 0 Å². The van der Waals surface area contributed by atoms with Crippen LogP contribution in [-0.4, -0.2) is 53.2 Å². The van der Waals surface area contributed by atoms with Gasteiger partial charge in [-0.15, -0.1) is 0 Å². The number of amides is 2. The SMILES string of the molecule is CCCc1cc(F)c(F)c(OC(=O)[C@H](CCC(=O)OC(C)(C)C)NC(=O)[C@H](CCC(=O)OC(C)(C)C)NC(=O)OCc2ccccc2)c1F. The van der Waals surface area contributed by atoms with E-state index in [4.69, 9.17) is 18.9 Å². The van der Waals surface area contributed by atoms with E-state index in [0.717, 1.165) is 0 Å². The van der Waals surface area contributed by atoms with Crippen molar-refractivity contribution in [2.24, 2.45) is 0 Å². The van der Waals surface area contributed by atoms with Gasteiger partial charge in [0.1, 0.15) is 29.9 Å². The molecule has 0 bridgehead atoms. The summed E-state index contributed by atoms with van der Waals surface area (Å²) in [5.74, 6) is -9.75. The highest BCUT2D eigenvalue weighted by atomic mass is 19.2. The Morgan fingerprint density at radius 1 is 0.776 bits per heavy atom. The maximum absolute atomic E-state index is 15.1. The molecule has 0 heterocycles. The van der Waals surface area contributed by atoms with Crippen molar-refractivity contribution in [1.82, 2.24) is 10.6 Å². The minimum Gasteiger partial charge on any atom is -0.460 e. The zero-order chi connectivity index (χ0) is 36.9. The third-order valence-corrected chi connectivity index (χ3v) is 6.45. The van der Waals surface area contributed by atoms with Crippen LogP contribution in [0.1, 0.15) is 91.7 Å². The van der Waals surface area contributed by atoms with Crippen LogP contribution in [0.15, 0.2) is 36.4 Å². The van der Waals surface area contributed by atoms with Crippen LogP contribution in [-0.2, 0) is 46.4 Å². The molecule has 2 amide bonds. The number of ether oxygens (including phenoxy) is 4. The van der Waals surface area contributed by atoms with Gasteiger partial charge in [0.2, 0.25) is 17.5 Å². The number of esters is 3. The fourth-order valence-corrected chi connectivity index (χ4v) is 4.35. The molecule has 0 radical (unpaired) electrons. The zero-order valence-corrected chi connectivity index (χ0v) is 28.9. The summed E-state index contributed by atoms with van der Waals surface area (Å²) in [7, 11) is 0. The van der Waals surface area contributed by atoms with E-state index in [9.17, 15) is 32.8 Å². The molecule has 270 valence electrons. The van der Waals surface area contributed by atoms with Crippen molar-refractivity contribution in [2.45, 2.75) is 117 Å². The van der Waals surface area contributed by atoms with Crippen molar-refractivity contribution >= 4 is 29.9 Å². The first-order chi connectivity index (χ1) is 22.8. The Morgan fingerprint density at radius 2 is 1.33 bits per heavy atom. The fourth-order valence-electron chi connectivity index (χ4n) is 4.35. The molecule has 2 rings (SSSR count). The molecule has 0 spiro atoms. The Morgan fingerprint density at radius 3 is 1.86 bits per heavy atom. The molecule has 0 saturated carbocycles. The van der Waals surface area contributed by atoms with Gasteiger partial charge in [0, 0.05) is 12.8 Å². The first-order valence-electron chi connectivity index (χ1n) is 15.9. The van der Waals surface area contributed by atoms with E-state index in [1.807, 2.05) is 0 Å². The number of halogens is 3. The lowest BCUT2D eigenvalue weighted by Crippen LogP contribution is -2.52. The number of hydrogen-bond donors (Lipinski definition) is 2. The van der Waals surface area contributed by atoms with Crippen LogP contribution in [0.3, 0.4) is 0 Å². The molecule has 0 saturated heterocycles. The van der Waals surface area contributed by atoms with Gasteiger partial charge < -0.3 is 29.6 Å². The third-order valence-electron chi connectivity index (χ3n) is 6.45. The van der Waals surface area contributed by atoms with Crippen molar-refractivity contribution in [3.8, 4) is 5.75 Å². The summed E-state index contributed by atoms with van der Waals surface area (Å²) in [6, 6.07) is 6.06. The van der Waals surface area contributed by atoms with Gasteiger partial charge >= 0.3 is 24.0 Å². The lowest BCUT2D eigenvalue weighted by molar-refractivity contribution is -0.156. The molecule has 49 heavy (non-hydrogen) atoms. The van der Waals surface area contributed by atoms with Crippen LogP contribution in [0.2, 0.25) is 0 Å². The average molecular weight is 695 g/mol. The van der Waals surface area contributed by atoms with Crippen LogP contribution in [0.5, 0.6) is 5.75 Å². The molecule has 0 aliphatic rings. The maximum Gasteiger partial charge on any atom is 0.408 e. The first kappa shape index (κ1) is 40.6. The summed E-state index contributed by atoms with van der Waals surface area (Å²) in [6.45, 7) is 11.3. The van der Waals surface area contributed by atoms with Gasteiger partial charge in [-0.25, -0.2) is 18.4 Å². The van der Waals surface area contributed by atoms with Crippen molar-refractivity contribution in [3.05, 3.63) is 65.0 Å². The summed E-state index contributed by atoms with van der Waals surface area (Å²) >= 11 is 0. The largest absolute Gasteiger partial charge is 0.460 e. The second-order valence-corrected chi connectivity index (χ2v) is 13.2. The van der Waals surface area contributed by atoms with E-state index in [1.54, 1.807) is 78.8 Å². The fraction of sp³-hybridized carbons (Fsp3) is 0.514. The highest BCUT2D eigenvalue weighted by Crippen LogP contribution is 2.29. The predicted molar refractivity (Wildman–Crippen MR) is 172 cm³/mol. The number of hydrogen-bond acceptors (Lipinski definition) is 9. The molecule has 0 fully saturated rings. The second-order valence-electron chi connectivity index (χ2n) is 13.2. The number of rotatable bonds is 15. The molecule has 0 aromatic heterocycles. The summed E-state index contributed by atoms with van der Waals surface area (Å²) in [5, 5.41) is 4.67. The molecule has 14 heteroatoms. The van der Waals surface area contributed by atoms with Crippen LogP contribution in [0.25, 0.3) is 0 Å². The summed E-state index contributed by atoms with van der Waals surface area (Å²) in [5.41, 5.74) is -1.32. The Hall–Kier alpha value is -4.62. The Labute approximate surface area is 284 Å². The van der Waals surface area contributed by atoms with Gasteiger partial charge in [-0.3, -0.25) is 14.4 Å². The van der Waals surface area contributed by atoms with E-state index in [-0.39, 0.29) is 31.4 Å². The van der Waals surface area contributed by atoms with Gasteiger partial charge in [-0.05, 0) is 78.0 Å². The number of carbonyl (C=O) groups excluding carboxylic acids is 5. The van der Waals surface area contributed by atoms with E-state index >= 15 is 4.39 Å². The van der Waals surface area contributed by atoms with Gasteiger partial charge in [-0.2, -0.15) is 4.39 Å². The molecular weight excluding hydrogens is 649 g/mol. The molecule has 0 unspecified atom stereocenters. The highest BCUT2D eigenvalue weighted by Gasteiger charge is 2.32. The third kappa shape index (κ3) is 14.6. The number of nitrogens with one attached hydrogen (secondary N) is 2. The molecule has 2 atom stereocenters. The lowest BCUT2D eigenvalue weighted by atomic mass is 10.1. The van der Waals surface area contributed by atoms with Crippen LogP contribution in [0.4, 0.5) is 18.0 Å². The Kier molecular flexibility index (Phi) is 15.1. The molecule has 2 aromatic carbocycles. The minimum atomic E-state index is -1.76. The Balaban J connectivity index is 2.35. The lowest BCUT2D eigenvalue weighted by Gasteiger charge is -2.24. The second kappa shape index (κ2) is 18.2. The van der Waals surface area contributed by atoms with Crippen molar-refractivity contribution in [1.29, 1.82) is 0 Å². The van der Waals surface area contributed by atoms with E-state index in [2.05, 4.69) is 10.6 Å². The topological polar surface area (TPSA) is 146 Å². The van der Waals surface area contributed by atoms with E-state index in [1.165, 1.54) is 0 Å². The van der Waals surface area contributed by atoms with Gasteiger partial charge in [0.25, 0.3) is 0 Å². The minimum absolute atomic E-state index is 0.0117. The van der Waals surface area contributed by atoms with Crippen molar-refractivity contribution in [2.75, 3.05) is 0 Å². The van der Waals surface area contributed by atoms with Crippen LogP contribution < -0.4 is 15.4 Å². The smallest absolute Gasteiger partial charge is 0.408 e. The summed E-state index contributed by atoms with van der Waals surface area (Å²) in [6.07, 6.45) is -2.25. The normalized spacial score (nSPS) is 12.7. The average Bonchev–Trinajstić information content (AvgIpc) is 2.99. The quantitative estimate of drug-likeness (QED) is 0.0994. The summed E-state index contributed by atoms with van der Waals surface area (Å²) in [4.78, 5) is 64.5. The zero-order valence-electron chi connectivity index (χ0n) is 28.9. The van der Waals surface area contributed by atoms with Gasteiger partial charge in [0.05, 0.1) is 0 Å². The molecule has 11 nitrogen and oxygen atoms in total. The Bertz CT molecular complexity index is 1470. The van der Waals surface area contributed by atoms with E-state index in [0.29, 0.717) is 18.1 Å². The molecule has 2 aromatic rings. The van der Waals surface area contributed by atoms with Gasteiger partial charge in [-0.1, -0.05) is 43.7 Å². The van der Waals surface area contributed by atoms with Crippen molar-refractivity contribution < 1.29 is 56.1 Å². The molecule has 2 N–H and O–H groups in total. The number of aryl methyl sites for hydroxylation is 1. The number of benzene rings is 2. The number of carbonyl (C=O) groups is 5. The number of alkyl carbamates (subject to hydrolysis) is 1. The van der Waals surface area contributed by atoms with Gasteiger partial charge in [0.15, 0.2) is 11.6 Å². The van der Waals surface area contributed by atoms with Crippen LogP contribution in [0, 0.1) is 17.5 Å². The molecule has 0 aliphatic carbocycles. The van der Waals surface area contributed by atoms with Crippen LogP contribution >= 0.6 is 0 Å².